The lowest BCUT2D eigenvalue weighted by atomic mass is 10.3. The standard InChI is InChI=1S/C12H19N3O2/c1-4-17-12(16)11-6-5-10(9-14-11)13-7-8-15(2)3/h5-6,9,13H,4,7-8H2,1-3H3. The van der Waals surface area contributed by atoms with Gasteiger partial charge in [0.05, 0.1) is 18.5 Å². The van der Waals surface area contributed by atoms with Crippen LogP contribution in [-0.4, -0.2) is 49.6 Å². The summed E-state index contributed by atoms with van der Waals surface area (Å²) in [5.41, 5.74) is 1.24. The summed E-state index contributed by atoms with van der Waals surface area (Å²) in [5.74, 6) is -0.382. The molecule has 0 aliphatic rings. The summed E-state index contributed by atoms with van der Waals surface area (Å²) in [6.07, 6.45) is 1.64. The highest BCUT2D eigenvalue weighted by Gasteiger charge is 2.06. The maximum Gasteiger partial charge on any atom is 0.356 e. The number of esters is 1. The molecule has 0 aromatic carbocycles. The Hall–Kier alpha value is -1.62. The van der Waals surface area contributed by atoms with Gasteiger partial charge in [0, 0.05) is 13.1 Å². The lowest BCUT2D eigenvalue weighted by molar-refractivity contribution is 0.0519. The normalized spacial score (nSPS) is 10.4. The monoisotopic (exact) mass is 237 g/mol. The predicted molar refractivity (Wildman–Crippen MR) is 67.2 cm³/mol. The van der Waals surface area contributed by atoms with Crippen molar-refractivity contribution in [2.45, 2.75) is 6.92 Å². The van der Waals surface area contributed by atoms with E-state index >= 15 is 0 Å². The summed E-state index contributed by atoms with van der Waals surface area (Å²) in [6, 6.07) is 3.49. The summed E-state index contributed by atoms with van der Waals surface area (Å²) in [4.78, 5) is 17.5. The summed E-state index contributed by atoms with van der Waals surface area (Å²) in [7, 11) is 4.04. The van der Waals surface area contributed by atoms with Crippen LogP contribution in [0, 0.1) is 0 Å². The zero-order chi connectivity index (χ0) is 12.7. The Kier molecular flexibility index (Phi) is 5.42. The quantitative estimate of drug-likeness (QED) is 0.754. The van der Waals surface area contributed by atoms with Gasteiger partial charge in [-0.05, 0) is 33.2 Å². The van der Waals surface area contributed by atoms with E-state index in [2.05, 4.69) is 15.2 Å². The van der Waals surface area contributed by atoms with Gasteiger partial charge in [0.1, 0.15) is 5.69 Å². The molecule has 94 valence electrons. The van der Waals surface area contributed by atoms with Gasteiger partial charge in [-0.15, -0.1) is 0 Å². The van der Waals surface area contributed by atoms with E-state index in [0.29, 0.717) is 12.3 Å². The number of carbonyl (C=O) groups excluding carboxylic acids is 1. The highest BCUT2D eigenvalue weighted by molar-refractivity contribution is 5.87. The number of nitrogens with zero attached hydrogens (tertiary/aromatic N) is 2. The molecule has 0 unspecified atom stereocenters. The average molecular weight is 237 g/mol. The molecule has 1 aromatic heterocycles. The van der Waals surface area contributed by atoms with E-state index in [1.165, 1.54) is 0 Å². The highest BCUT2D eigenvalue weighted by atomic mass is 16.5. The molecule has 0 radical (unpaired) electrons. The lowest BCUT2D eigenvalue weighted by Crippen LogP contribution is -2.20. The van der Waals surface area contributed by atoms with E-state index < -0.39 is 0 Å². The van der Waals surface area contributed by atoms with E-state index in [4.69, 9.17) is 4.74 Å². The molecule has 0 aliphatic carbocycles. The summed E-state index contributed by atoms with van der Waals surface area (Å²) in [5, 5.41) is 3.22. The van der Waals surface area contributed by atoms with Crippen LogP contribution in [0.5, 0.6) is 0 Å². The Morgan fingerprint density at radius 2 is 2.24 bits per heavy atom. The molecule has 1 aromatic rings. The van der Waals surface area contributed by atoms with Crippen molar-refractivity contribution in [3.8, 4) is 0 Å². The number of likely N-dealkylation sites (N-methyl/N-ethyl adjacent to an activating group) is 1. The largest absolute Gasteiger partial charge is 0.461 e. The fourth-order valence-corrected chi connectivity index (χ4v) is 1.25. The van der Waals surface area contributed by atoms with Gasteiger partial charge >= 0.3 is 5.97 Å². The minimum absolute atomic E-state index is 0.338. The van der Waals surface area contributed by atoms with E-state index in [0.717, 1.165) is 18.8 Å². The first-order valence-corrected chi connectivity index (χ1v) is 5.65. The van der Waals surface area contributed by atoms with Gasteiger partial charge in [-0.3, -0.25) is 0 Å². The van der Waals surface area contributed by atoms with Gasteiger partial charge in [0.15, 0.2) is 0 Å². The topological polar surface area (TPSA) is 54.5 Å². The number of hydrogen-bond donors (Lipinski definition) is 1. The van der Waals surface area contributed by atoms with Gasteiger partial charge < -0.3 is 15.0 Å². The molecule has 0 fully saturated rings. The first-order chi connectivity index (χ1) is 8.13. The number of rotatable bonds is 6. The van der Waals surface area contributed by atoms with Crippen LogP contribution in [-0.2, 0) is 4.74 Å². The van der Waals surface area contributed by atoms with Gasteiger partial charge in [-0.1, -0.05) is 0 Å². The van der Waals surface area contributed by atoms with E-state index in [1.807, 2.05) is 20.2 Å². The third-order valence-corrected chi connectivity index (χ3v) is 2.14. The molecule has 0 saturated heterocycles. The second-order valence-corrected chi connectivity index (χ2v) is 3.88. The van der Waals surface area contributed by atoms with Crippen LogP contribution in [0.3, 0.4) is 0 Å². The number of anilines is 1. The van der Waals surface area contributed by atoms with E-state index in [1.54, 1.807) is 19.2 Å². The first-order valence-electron chi connectivity index (χ1n) is 5.65. The fourth-order valence-electron chi connectivity index (χ4n) is 1.25. The zero-order valence-corrected chi connectivity index (χ0v) is 10.6. The Bertz CT molecular complexity index is 349. The SMILES string of the molecule is CCOC(=O)c1ccc(NCCN(C)C)cn1. The van der Waals surface area contributed by atoms with Crippen molar-refractivity contribution in [3.05, 3.63) is 24.0 Å². The van der Waals surface area contributed by atoms with E-state index in [9.17, 15) is 4.79 Å². The third kappa shape index (κ3) is 4.82. The average Bonchev–Trinajstić information content (AvgIpc) is 2.30. The van der Waals surface area contributed by atoms with Crippen molar-refractivity contribution in [1.82, 2.24) is 9.88 Å². The zero-order valence-electron chi connectivity index (χ0n) is 10.6. The summed E-state index contributed by atoms with van der Waals surface area (Å²) < 4.78 is 4.85. The Balaban J connectivity index is 2.47. The predicted octanol–water partition coefficient (Wildman–Crippen LogP) is 1.23. The van der Waals surface area contributed by atoms with Crippen LogP contribution >= 0.6 is 0 Å². The maximum absolute atomic E-state index is 11.3. The molecule has 0 spiro atoms. The molecule has 0 amide bonds. The molecule has 1 heterocycles. The smallest absolute Gasteiger partial charge is 0.356 e. The third-order valence-electron chi connectivity index (χ3n) is 2.14. The molecule has 5 heteroatoms. The molecule has 5 nitrogen and oxygen atoms in total. The van der Waals surface area contributed by atoms with Gasteiger partial charge in [-0.25, -0.2) is 9.78 Å². The van der Waals surface area contributed by atoms with Crippen LogP contribution in [0.4, 0.5) is 5.69 Å². The molecule has 0 aliphatic heterocycles. The highest BCUT2D eigenvalue weighted by Crippen LogP contribution is 2.06. The van der Waals surface area contributed by atoms with Crippen molar-refractivity contribution < 1.29 is 9.53 Å². The van der Waals surface area contributed by atoms with Crippen molar-refractivity contribution in [3.63, 3.8) is 0 Å². The minimum atomic E-state index is -0.382. The molecule has 1 rings (SSSR count). The van der Waals surface area contributed by atoms with Crippen molar-refractivity contribution in [2.75, 3.05) is 39.1 Å². The maximum atomic E-state index is 11.3. The number of pyridine rings is 1. The van der Waals surface area contributed by atoms with Crippen LogP contribution in [0.2, 0.25) is 0 Å². The Labute approximate surface area is 102 Å². The van der Waals surface area contributed by atoms with Crippen LogP contribution in [0.25, 0.3) is 0 Å². The molecular weight excluding hydrogens is 218 g/mol. The van der Waals surface area contributed by atoms with Crippen LogP contribution in [0.1, 0.15) is 17.4 Å². The van der Waals surface area contributed by atoms with Crippen molar-refractivity contribution in [1.29, 1.82) is 0 Å². The number of nitrogens with one attached hydrogen (secondary N) is 1. The van der Waals surface area contributed by atoms with Gasteiger partial charge in [0.2, 0.25) is 0 Å². The first kappa shape index (κ1) is 13.4. The molecule has 0 bridgehead atoms. The Morgan fingerprint density at radius 1 is 1.47 bits per heavy atom. The molecule has 0 atom stereocenters. The van der Waals surface area contributed by atoms with Crippen molar-refractivity contribution >= 4 is 11.7 Å². The fraction of sp³-hybridized carbons (Fsp3) is 0.500. The number of carbonyl (C=O) groups is 1. The van der Waals surface area contributed by atoms with Gasteiger partial charge in [-0.2, -0.15) is 0 Å². The summed E-state index contributed by atoms with van der Waals surface area (Å²) >= 11 is 0. The number of hydrogen-bond acceptors (Lipinski definition) is 5. The molecule has 0 saturated carbocycles. The second kappa shape index (κ2) is 6.85. The van der Waals surface area contributed by atoms with Crippen molar-refractivity contribution in [2.24, 2.45) is 0 Å². The minimum Gasteiger partial charge on any atom is -0.461 e. The van der Waals surface area contributed by atoms with Gasteiger partial charge in [0.25, 0.3) is 0 Å². The van der Waals surface area contributed by atoms with Crippen LogP contribution < -0.4 is 5.32 Å². The second-order valence-electron chi connectivity index (χ2n) is 3.88. The lowest BCUT2D eigenvalue weighted by Gasteiger charge is -2.11. The molecule has 1 N–H and O–H groups in total. The summed E-state index contributed by atoms with van der Waals surface area (Å²) in [6.45, 7) is 3.92. The molecular formula is C12H19N3O2. The number of ether oxygens (including phenoxy) is 1. The Morgan fingerprint density at radius 3 is 2.76 bits per heavy atom. The van der Waals surface area contributed by atoms with E-state index in [-0.39, 0.29) is 5.97 Å². The molecule has 17 heavy (non-hydrogen) atoms. The number of aromatic nitrogens is 1. The van der Waals surface area contributed by atoms with Crippen LogP contribution in [0.15, 0.2) is 18.3 Å².